The van der Waals surface area contributed by atoms with Crippen LogP contribution in [0.25, 0.3) is 0 Å². The van der Waals surface area contributed by atoms with Crippen LogP contribution in [0.15, 0.2) is 65.7 Å². The number of pyridine rings is 1. The fourth-order valence-corrected chi connectivity index (χ4v) is 5.40. The Morgan fingerprint density at radius 3 is 2.51 bits per heavy atom. The highest BCUT2D eigenvalue weighted by atomic mass is 32.2. The molecule has 4 rings (SSSR count). The number of benzene rings is 2. The summed E-state index contributed by atoms with van der Waals surface area (Å²) < 4.78 is 28.9. The third-order valence-electron chi connectivity index (χ3n) is 6.26. The first-order chi connectivity index (χ1) is 16.7. The summed E-state index contributed by atoms with van der Waals surface area (Å²) in [6.07, 6.45) is 2.07. The highest BCUT2D eigenvalue weighted by molar-refractivity contribution is 7.92. The van der Waals surface area contributed by atoms with Crippen LogP contribution < -0.4 is 14.5 Å². The second-order valence-electron chi connectivity index (χ2n) is 8.83. The number of aromatic carboxylic acids is 1. The number of carboxylic acids is 1. The molecule has 2 heterocycles. The van der Waals surface area contributed by atoms with E-state index in [1.54, 1.807) is 24.3 Å². The topological polar surface area (TPSA) is 103 Å². The minimum Gasteiger partial charge on any atom is -0.478 e. The van der Waals surface area contributed by atoms with Crippen LogP contribution in [-0.4, -0.2) is 50.2 Å². The Hall–Kier alpha value is -3.59. The molecule has 8 nitrogen and oxygen atoms in total. The first-order valence-electron chi connectivity index (χ1n) is 11.6. The second kappa shape index (κ2) is 9.95. The van der Waals surface area contributed by atoms with Crippen LogP contribution in [0.5, 0.6) is 0 Å². The number of hydrogen-bond acceptors (Lipinski definition) is 6. The number of nitrogens with zero attached hydrogens (tertiary/aromatic N) is 3. The van der Waals surface area contributed by atoms with Crippen molar-refractivity contribution in [3.63, 3.8) is 0 Å². The van der Waals surface area contributed by atoms with Crippen molar-refractivity contribution in [2.45, 2.75) is 38.1 Å². The average molecular weight is 495 g/mol. The Bertz CT molecular complexity index is 1330. The van der Waals surface area contributed by atoms with Crippen LogP contribution in [0.3, 0.4) is 0 Å². The second-order valence-corrected chi connectivity index (χ2v) is 10.5. The van der Waals surface area contributed by atoms with Crippen molar-refractivity contribution in [3.8, 4) is 0 Å². The minimum atomic E-state index is -3.93. The minimum absolute atomic E-state index is 0.0840. The standard InChI is InChI=1S/C26H30N4O4S/c1-4-20-8-10-23(11-9-20)35(33,34)28-24-15-21(26(31)32)16-27-25(24)29-12-13-30(19(3)17-29)22-7-5-6-18(2)14-22/h5-11,14-16,19,28H,4,12-13,17H2,1-3H3,(H,31,32)/t19-/m0/s1. The van der Waals surface area contributed by atoms with Gasteiger partial charge >= 0.3 is 5.97 Å². The van der Waals surface area contributed by atoms with Crippen LogP contribution in [-0.2, 0) is 16.4 Å². The molecule has 1 saturated heterocycles. The summed E-state index contributed by atoms with van der Waals surface area (Å²) in [5, 5.41) is 9.47. The molecule has 0 unspecified atom stereocenters. The molecule has 35 heavy (non-hydrogen) atoms. The first kappa shape index (κ1) is 24.5. The molecule has 0 amide bonds. The smallest absolute Gasteiger partial charge is 0.337 e. The van der Waals surface area contributed by atoms with E-state index in [1.807, 2.05) is 17.9 Å². The highest BCUT2D eigenvalue weighted by Gasteiger charge is 2.28. The van der Waals surface area contributed by atoms with E-state index >= 15 is 0 Å². The van der Waals surface area contributed by atoms with Gasteiger partial charge in [-0.1, -0.05) is 31.2 Å². The molecule has 0 saturated carbocycles. The monoisotopic (exact) mass is 494 g/mol. The third-order valence-corrected chi connectivity index (χ3v) is 7.64. The van der Waals surface area contributed by atoms with Gasteiger partial charge in [-0.25, -0.2) is 18.2 Å². The number of aryl methyl sites for hydroxylation is 2. The lowest BCUT2D eigenvalue weighted by atomic mass is 10.1. The van der Waals surface area contributed by atoms with E-state index in [0.29, 0.717) is 18.9 Å². The molecule has 184 valence electrons. The van der Waals surface area contributed by atoms with Gasteiger partial charge in [-0.3, -0.25) is 4.72 Å². The Balaban J connectivity index is 1.62. The normalized spacial score (nSPS) is 16.3. The van der Waals surface area contributed by atoms with Crippen LogP contribution >= 0.6 is 0 Å². The van der Waals surface area contributed by atoms with Crippen molar-refractivity contribution >= 4 is 33.2 Å². The zero-order valence-electron chi connectivity index (χ0n) is 20.1. The van der Waals surface area contributed by atoms with Gasteiger partial charge in [0.1, 0.15) is 0 Å². The molecular weight excluding hydrogens is 464 g/mol. The van der Waals surface area contributed by atoms with E-state index in [0.717, 1.165) is 24.2 Å². The predicted molar refractivity (Wildman–Crippen MR) is 138 cm³/mol. The molecule has 2 aromatic carbocycles. The molecule has 2 N–H and O–H groups in total. The fourth-order valence-electron chi connectivity index (χ4n) is 4.35. The summed E-state index contributed by atoms with van der Waals surface area (Å²) in [7, 11) is -3.93. The summed E-state index contributed by atoms with van der Waals surface area (Å²) in [5.74, 6) is -0.756. The van der Waals surface area contributed by atoms with Gasteiger partial charge in [0.25, 0.3) is 10.0 Å². The van der Waals surface area contributed by atoms with Crippen molar-refractivity contribution in [2.75, 3.05) is 34.2 Å². The van der Waals surface area contributed by atoms with Crippen molar-refractivity contribution < 1.29 is 18.3 Å². The van der Waals surface area contributed by atoms with E-state index in [9.17, 15) is 18.3 Å². The maximum absolute atomic E-state index is 13.1. The molecule has 0 radical (unpaired) electrons. The van der Waals surface area contributed by atoms with Gasteiger partial charge in [0, 0.05) is 37.6 Å². The molecule has 1 aliphatic rings. The van der Waals surface area contributed by atoms with Gasteiger partial charge < -0.3 is 14.9 Å². The van der Waals surface area contributed by atoms with E-state index in [2.05, 4.69) is 46.7 Å². The summed E-state index contributed by atoms with van der Waals surface area (Å²) in [4.78, 5) is 20.4. The van der Waals surface area contributed by atoms with Crippen molar-refractivity contribution in [3.05, 3.63) is 77.5 Å². The van der Waals surface area contributed by atoms with Gasteiger partial charge in [0.05, 0.1) is 16.1 Å². The van der Waals surface area contributed by atoms with Crippen LogP contribution in [0.2, 0.25) is 0 Å². The summed E-state index contributed by atoms with van der Waals surface area (Å²) >= 11 is 0. The molecule has 1 aliphatic heterocycles. The predicted octanol–water partition coefficient (Wildman–Crippen LogP) is 4.17. The Morgan fingerprint density at radius 1 is 1.14 bits per heavy atom. The van der Waals surface area contributed by atoms with Gasteiger partial charge in [-0.05, 0) is 61.7 Å². The molecule has 3 aromatic rings. The summed E-state index contributed by atoms with van der Waals surface area (Å²) in [6, 6.07) is 16.5. The molecule has 0 aliphatic carbocycles. The maximum atomic E-state index is 13.1. The molecular formula is C26H30N4O4S. The van der Waals surface area contributed by atoms with E-state index in [1.165, 1.54) is 17.8 Å². The number of carboxylic acid groups (broad SMARTS) is 1. The maximum Gasteiger partial charge on any atom is 0.337 e. The quantitative estimate of drug-likeness (QED) is 0.508. The number of sulfonamides is 1. The largest absolute Gasteiger partial charge is 0.478 e. The van der Waals surface area contributed by atoms with Gasteiger partial charge in [-0.15, -0.1) is 0 Å². The van der Waals surface area contributed by atoms with Gasteiger partial charge in [0.15, 0.2) is 5.82 Å². The Kier molecular flexibility index (Phi) is 6.98. The number of aromatic nitrogens is 1. The summed E-state index contributed by atoms with van der Waals surface area (Å²) in [6.45, 7) is 8.10. The van der Waals surface area contributed by atoms with Gasteiger partial charge in [-0.2, -0.15) is 0 Å². The zero-order chi connectivity index (χ0) is 25.2. The first-order valence-corrected chi connectivity index (χ1v) is 13.1. The average Bonchev–Trinajstić information content (AvgIpc) is 2.83. The number of nitrogens with one attached hydrogen (secondary N) is 1. The molecule has 1 atom stereocenters. The third kappa shape index (κ3) is 5.40. The summed E-state index contributed by atoms with van der Waals surface area (Å²) in [5.41, 5.74) is 3.43. The lowest BCUT2D eigenvalue weighted by Gasteiger charge is -2.42. The molecule has 9 heteroatoms. The lowest BCUT2D eigenvalue weighted by molar-refractivity contribution is 0.0696. The highest BCUT2D eigenvalue weighted by Crippen LogP contribution is 2.30. The lowest BCUT2D eigenvalue weighted by Crippen LogP contribution is -2.52. The van der Waals surface area contributed by atoms with Crippen molar-refractivity contribution in [1.29, 1.82) is 0 Å². The molecule has 0 bridgehead atoms. The zero-order valence-corrected chi connectivity index (χ0v) is 20.9. The Morgan fingerprint density at radius 2 is 1.89 bits per heavy atom. The fraction of sp³-hybridized carbons (Fsp3) is 0.308. The van der Waals surface area contributed by atoms with Crippen LogP contribution in [0.1, 0.15) is 35.3 Å². The molecule has 0 spiro atoms. The van der Waals surface area contributed by atoms with E-state index < -0.39 is 16.0 Å². The van der Waals surface area contributed by atoms with Crippen LogP contribution in [0, 0.1) is 6.92 Å². The Labute approximate surface area is 206 Å². The number of anilines is 3. The number of hydrogen-bond donors (Lipinski definition) is 2. The molecule has 1 fully saturated rings. The molecule has 1 aromatic heterocycles. The SMILES string of the molecule is CCc1ccc(S(=O)(=O)Nc2cc(C(=O)O)cnc2N2CCN(c3cccc(C)c3)[C@@H](C)C2)cc1. The van der Waals surface area contributed by atoms with E-state index in [4.69, 9.17) is 0 Å². The van der Waals surface area contributed by atoms with Crippen molar-refractivity contribution in [1.82, 2.24) is 4.98 Å². The number of piperazine rings is 1. The van der Waals surface area contributed by atoms with Gasteiger partial charge in [0.2, 0.25) is 0 Å². The number of carbonyl (C=O) groups is 1. The van der Waals surface area contributed by atoms with E-state index in [-0.39, 0.29) is 22.2 Å². The van der Waals surface area contributed by atoms with Crippen molar-refractivity contribution in [2.24, 2.45) is 0 Å². The van der Waals surface area contributed by atoms with Crippen LogP contribution in [0.4, 0.5) is 17.2 Å². The number of rotatable bonds is 7.